The molecule has 0 spiro atoms. The van der Waals surface area contributed by atoms with Crippen molar-refractivity contribution in [2.75, 3.05) is 5.32 Å². The minimum Gasteiger partial charge on any atom is -0.375 e. The van der Waals surface area contributed by atoms with Crippen LogP contribution in [0.2, 0.25) is 0 Å². The summed E-state index contributed by atoms with van der Waals surface area (Å²) in [6.07, 6.45) is 0. The van der Waals surface area contributed by atoms with E-state index in [4.69, 9.17) is 0 Å². The van der Waals surface area contributed by atoms with Crippen LogP contribution >= 0.6 is 0 Å². The average molecular weight is 260 g/mol. The zero-order chi connectivity index (χ0) is 13.8. The van der Waals surface area contributed by atoms with Crippen LogP contribution < -0.4 is 5.32 Å². The van der Waals surface area contributed by atoms with Gasteiger partial charge < -0.3 is 5.32 Å². The van der Waals surface area contributed by atoms with Gasteiger partial charge in [0.05, 0.1) is 11.0 Å². The van der Waals surface area contributed by atoms with Gasteiger partial charge in [-0.1, -0.05) is 29.8 Å². The average Bonchev–Trinajstić information content (AvgIpc) is 2.37. The van der Waals surface area contributed by atoms with Gasteiger partial charge in [-0.25, -0.2) is 4.39 Å². The van der Waals surface area contributed by atoms with Gasteiger partial charge in [-0.3, -0.25) is 10.1 Å². The molecule has 0 unspecified atom stereocenters. The Morgan fingerprint density at radius 3 is 2.74 bits per heavy atom. The molecule has 1 N–H and O–H groups in total. The number of benzene rings is 2. The molecule has 4 nitrogen and oxygen atoms in total. The molecule has 0 bridgehead atoms. The van der Waals surface area contributed by atoms with E-state index in [-0.39, 0.29) is 5.69 Å². The predicted molar refractivity (Wildman–Crippen MR) is 71.6 cm³/mol. The largest absolute Gasteiger partial charge is 0.375 e. The van der Waals surface area contributed by atoms with Crippen molar-refractivity contribution < 1.29 is 9.31 Å². The van der Waals surface area contributed by atoms with Crippen molar-refractivity contribution >= 4 is 11.4 Å². The summed E-state index contributed by atoms with van der Waals surface area (Å²) in [5, 5.41) is 13.8. The minimum atomic E-state index is -0.618. The first-order chi connectivity index (χ1) is 9.06. The van der Waals surface area contributed by atoms with Gasteiger partial charge in [-0.2, -0.15) is 0 Å². The molecule has 98 valence electrons. The van der Waals surface area contributed by atoms with Crippen LogP contribution in [0.3, 0.4) is 0 Å². The molecule has 0 aliphatic heterocycles. The molecule has 0 amide bonds. The minimum absolute atomic E-state index is 0.257. The summed E-state index contributed by atoms with van der Waals surface area (Å²) in [7, 11) is 0. The maximum Gasteiger partial charge on any atom is 0.295 e. The van der Waals surface area contributed by atoms with Gasteiger partial charge in [-0.15, -0.1) is 0 Å². The van der Waals surface area contributed by atoms with Crippen LogP contribution in [0.5, 0.6) is 0 Å². The lowest BCUT2D eigenvalue weighted by Crippen LogP contribution is -2.03. The van der Waals surface area contributed by atoms with Crippen molar-refractivity contribution in [1.29, 1.82) is 0 Å². The van der Waals surface area contributed by atoms with E-state index in [1.165, 1.54) is 12.1 Å². The van der Waals surface area contributed by atoms with Crippen LogP contribution in [0.25, 0.3) is 0 Å². The topological polar surface area (TPSA) is 55.2 Å². The normalized spacial score (nSPS) is 10.2. The molecule has 0 aromatic heterocycles. The summed E-state index contributed by atoms with van der Waals surface area (Å²) in [6, 6.07) is 11.3. The number of nitro groups is 1. The molecule has 0 saturated heterocycles. The van der Waals surface area contributed by atoms with Crippen molar-refractivity contribution in [2.45, 2.75) is 13.5 Å². The highest BCUT2D eigenvalue weighted by Crippen LogP contribution is 2.25. The van der Waals surface area contributed by atoms with Crippen LogP contribution in [0.1, 0.15) is 11.1 Å². The summed E-state index contributed by atoms with van der Waals surface area (Å²) >= 11 is 0. The highest BCUT2D eigenvalue weighted by atomic mass is 19.1. The van der Waals surface area contributed by atoms with Crippen molar-refractivity contribution in [1.82, 2.24) is 0 Å². The lowest BCUT2D eigenvalue weighted by molar-refractivity contribution is -0.384. The van der Waals surface area contributed by atoms with Gasteiger partial charge in [-0.05, 0) is 24.6 Å². The third kappa shape index (κ3) is 3.28. The fourth-order valence-electron chi connectivity index (χ4n) is 1.82. The van der Waals surface area contributed by atoms with Gasteiger partial charge in [0, 0.05) is 6.54 Å². The molecule has 19 heavy (non-hydrogen) atoms. The van der Waals surface area contributed by atoms with Crippen LogP contribution in [0, 0.1) is 22.9 Å². The van der Waals surface area contributed by atoms with E-state index >= 15 is 0 Å². The second kappa shape index (κ2) is 5.48. The van der Waals surface area contributed by atoms with Crippen molar-refractivity contribution in [3.8, 4) is 0 Å². The summed E-state index contributed by atoms with van der Waals surface area (Å²) in [5.74, 6) is -0.618. The first kappa shape index (κ1) is 13.0. The number of nitrogens with one attached hydrogen (secondary N) is 1. The second-order valence-corrected chi connectivity index (χ2v) is 4.26. The number of hydrogen-bond donors (Lipinski definition) is 1. The van der Waals surface area contributed by atoms with Gasteiger partial charge >= 0.3 is 0 Å². The molecule has 2 aromatic rings. The first-order valence-electron chi connectivity index (χ1n) is 5.79. The number of anilines is 1. The Bertz CT molecular complexity index is 614. The van der Waals surface area contributed by atoms with Gasteiger partial charge in [0.15, 0.2) is 0 Å². The molecular formula is C14H13FN2O2. The fourth-order valence-corrected chi connectivity index (χ4v) is 1.82. The van der Waals surface area contributed by atoms with Crippen molar-refractivity contribution in [3.63, 3.8) is 0 Å². The SMILES string of the molecule is Cc1cccc(CNc2ccc(F)cc2[N+](=O)[O-])c1. The summed E-state index contributed by atoms with van der Waals surface area (Å²) in [5.41, 5.74) is 2.19. The predicted octanol–water partition coefficient (Wildman–Crippen LogP) is 3.65. The van der Waals surface area contributed by atoms with E-state index in [9.17, 15) is 14.5 Å². The Hall–Kier alpha value is -2.43. The molecule has 2 aromatic carbocycles. The Morgan fingerprint density at radius 1 is 1.26 bits per heavy atom. The van der Waals surface area contributed by atoms with Crippen molar-refractivity contribution in [3.05, 3.63) is 69.5 Å². The van der Waals surface area contributed by atoms with Crippen molar-refractivity contribution in [2.24, 2.45) is 0 Å². The third-order valence-electron chi connectivity index (χ3n) is 2.72. The lowest BCUT2D eigenvalue weighted by atomic mass is 10.1. The van der Waals surface area contributed by atoms with Crippen LogP contribution in [-0.4, -0.2) is 4.92 Å². The molecule has 0 saturated carbocycles. The molecule has 0 aliphatic rings. The molecule has 0 radical (unpaired) electrons. The Morgan fingerprint density at radius 2 is 2.05 bits per heavy atom. The second-order valence-electron chi connectivity index (χ2n) is 4.26. The van der Waals surface area contributed by atoms with E-state index in [1.807, 2.05) is 31.2 Å². The molecule has 2 rings (SSSR count). The van der Waals surface area contributed by atoms with Crippen LogP contribution in [0.4, 0.5) is 15.8 Å². The summed E-state index contributed by atoms with van der Waals surface area (Å²) < 4.78 is 13.0. The molecular weight excluding hydrogens is 247 g/mol. The number of halogens is 1. The molecule has 0 heterocycles. The van der Waals surface area contributed by atoms with E-state index < -0.39 is 10.7 Å². The van der Waals surface area contributed by atoms with E-state index in [0.29, 0.717) is 12.2 Å². The van der Waals surface area contributed by atoms with Crippen LogP contribution in [0.15, 0.2) is 42.5 Å². The smallest absolute Gasteiger partial charge is 0.295 e. The van der Waals surface area contributed by atoms with Gasteiger partial charge in [0.1, 0.15) is 11.5 Å². The Balaban J connectivity index is 2.17. The maximum absolute atomic E-state index is 13.0. The highest BCUT2D eigenvalue weighted by Gasteiger charge is 2.14. The van der Waals surface area contributed by atoms with E-state index in [1.54, 1.807) is 0 Å². The number of nitro benzene ring substituents is 1. The van der Waals surface area contributed by atoms with E-state index in [0.717, 1.165) is 17.2 Å². The van der Waals surface area contributed by atoms with E-state index in [2.05, 4.69) is 5.32 Å². The number of hydrogen-bond acceptors (Lipinski definition) is 3. The summed E-state index contributed by atoms with van der Waals surface area (Å²) in [4.78, 5) is 10.2. The lowest BCUT2D eigenvalue weighted by Gasteiger charge is -2.07. The van der Waals surface area contributed by atoms with Crippen LogP contribution in [-0.2, 0) is 6.54 Å². The fraction of sp³-hybridized carbons (Fsp3) is 0.143. The Kier molecular flexibility index (Phi) is 3.75. The zero-order valence-electron chi connectivity index (χ0n) is 10.4. The third-order valence-corrected chi connectivity index (χ3v) is 2.72. The van der Waals surface area contributed by atoms with Gasteiger partial charge in [0.2, 0.25) is 0 Å². The quantitative estimate of drug-likeness (QED) is 0.674. The standard InChI is InChI=1S/C14H13FN2O2/c1-10-3-2-4-11(7-10)9-16-13-6-5-12(15)8-14(13)17(18)19/h2-8,16H,9H2,1H3. The molecule has 5 heteroatoms. The number of nitrogens with zero attached hydrogens (tertiary/aromatic N) is 1. The summed E-state index contributed by atoms with van der Waals surface area (Å²) in [6.45, 7) is 2.43. The first-order valence-corrected chi connectivity index (χ1v) is 5.79. The highest BCUT2D eigenvalue weighted by molar-refractivity contribution is 5.61. The van der Waals surface area contributed by atoms with Gasteiger partial charge in [0.25, 0.3) is 5.69 Å². The molecule has 0 aliphatic carbocycles. The molecule has 0 atom stereocenters. The molecule has 0 fully saturated rings. The Labute approximate surface area is 110 Å². The number of rotatable bonds is 4. The zero-order valence-corrected chi connectivity index (χ0v) is 10.4. The maximum atomic E-state index is 13.0. The number of aryl methyl sites for hydroxylation is 1. The monoisotopic (exact) mass is 260 g/mol.